The van der Waals surface area contributed by atoms with E-state index in [1.165, 1.54) is 12.2 Å². The third kappa shape index (κ3) is 8.50. The van der Waals surface area contributed by atoms with E-state index in [1.54, 1.807) is 0 Å². The molecular formula is C13H28N2OS. The summed E-state index contributed by atoms with van der Waals surface area (Å²) in [4.78, 5) is 11.8. The summed E-state index contributed by atoms with van der Waals surface area (Å²) in [6.45, 7) is 7.08. The van der Waals surface area contributed by atoms with Crippen molar-refractivity contribution < 1.29 is 4.79 Å². The van der Waals surface area contributed by atoms with Crippen molar-refractivity contribution in [2.75, 3.05) is 18.6 Å². The van der Waals surface area contributed by atoms with Crippen molar-refractivity contribution in [1.29, 1.82) is 0 Å². The van der Waals surface area contributed by atoms with Gasteiger partial charge in [-0.05, 0) is 51.2 Å². The fourth-order valence-corrected chi connectivity index (χ4v) is 2.09. The zero-order valence-corrected chi connectivity index (χ0v) is 12.5. The van der Waals surface area contributed by atoms with Gasteiger partial charge in [-0.15, -0.1) is 0 Å². The average molecular weight is 260 g/mol. The Labute approximate surface area is 111 Å². The molecule has 1 atom stereocenters. The van der Waals surface area contributed by atoms with E-state index in [2.05, 4.69) is 30.7 Å². The van der Waals surface area contributed by atoms with Crippen molar-refractivity contribution in [3.63, 3.8) is 0 Å². The molecule has 0 aromatic heterocycles. The molecule has 0 aliphatic carbocycles. The minimum Gasteiger partial charge on any atom is -0.352 e. The molecular weight excluding hydrogens is 232 g/mol. The van der Waals surface area contributed by atoms with Gasteiger partial charge in [-0.1, -0.05) is 13.8 Å². The second-order valence-electron chi connectivity index (χ2n) is 4.40. The molecule has 17 heavy (non-hydrogen) atoms. The van der Waals surface area contributed by atoms with Crippen LogP contribution in [-0.2, 0) is 4.79 Å². The number of carbonyl (C=O) groups is 1. The molecule has 0 aliphatic rings. The van der Waals surface area contributed by atoms with Gasteiger partial charge in [0.15, 0.2) is 0 Å². The van der Waals surface area contributed by atoms with Crippen LogP contribution in [0.5, 0.6) is 0 Å². The molecule has 0 radical (unpaired) electrons. The first kappa shape index (κ1) is 16.8. The Morgan fingerprint density at radius 2 is 1.88 bits per heavy atom. The van der Waals surface area contributed by atoms with E-state index in [4.69, 9.17) is 0 Å². The second kappa shape index (κ2) is 10.9. The van der Waals surface area contributed by atoms with Gasteiger partial charge in [-0.2, -0.15) is 11.8 Å². The summed E-state index contributed by atoms with van der Waals surface area (Å²) in [5.41, 5.74) is 0. The summed E-state index contributed by atoms with van der Waals surface area (Å²) in [7, 11) is 0. The van der Waals surface area contributed by atoms with E-state index in [0.717, 1.165) is 25.8 Å². The second-order valence-corrected chi connectivity index (χ2v) is 5.38. The Morgan fingerprint density at radius 3 is 2.41 bits per heavy atom. The van der Waals surface area contributed by atoms with E-state index in [0.29, 0.717) is 6.04 Å². The maximum atomic E-state index is 11.8. The molecule has 0 aromatic carbocycles. The van der Waals surface area contributed by atoms with Gasteiger partial charge < -0.3 is 10.6 Å². The molecule has 0 saturated carbocycles. The van der Waals surface area contributed by atoms with Crippen molar-refractivity contribution in [2.24, 2.45) is 0 Å². The normalized spacial score (nSPS) is 12.8. The molecule has 0 bridgehead atoms. The first-order valence-electron chi connectivity index (χ1n) is 6.68. The highest BCUT2D eigenvalue weighted by Gasteiger charge is 2.14. The SMILES string of the molecule is CCC(CC)NC(=O)C(C)NCCCCSC. The lowest BCUT2D eigenvalue weighted by molar-refractivity contribution is -0.123. The van der Waals surface area contributed by atoms with Crippen molar-refractivity contribution in [2.45, 2.75) is 58.5 Å². The lowest BCUT2D eigenvalue weighted by atomic mass is 10.1. The lowest BCUT2D eigenvalue weighted by Crippen LogP contribution is -2.46. The molecule has 4 heteroatoms. The van der Waals surface area contributed by atoms with Crippen molar-refractivity contribution >= 4 is 17.7 Å². The van der Waals surface area contributed by atoms with E-state index in [1.807, 2.05) is 18.7 Å². The lowest BCUT2D eigenvalue weighted by Gasteiger charge is -2.19. The first-order chi connectivity index (χ1) is 8.15. The summed E-state index contributed by atoms with van der Waals surface area (Å²) in [6, 6.07) is 0.244. The Bertz CT molecular complexity index is 196. The fourth-order valence-electron chi connectivity index (χ4n) is 1.60. The highest BCUT2D eigenvalue weighted by atomic mass is 32.2. The van der Waals surface area contributed by atoms with E-state index < -0.39 is 0 Å². The van der Waals surface area contributed by atoms with Gasteiger partial charge in [0, 0.05) is 6.04 Å². The van der Waals surface area contributed by atoms with Crippen LogP contribution in [0.3, 0.4) is 0 Å². The molecule has 0 aliphatic heterocycles. The molecule has 1 amide bonds. The largest absolute Gasteiger partial charge is 0.352 e. The minimum atomic E-state index is -0.0788. The highest BCUT2D eigenvalue weighted by Crippen LogP contribution is 1.99. The van der Waals surface area contributed by atoms with Crippen LogP contribution < -0.4 is 10.6 Å². The Morgan fingerprint density at radius 1 is 1.24 bits per heavy atom. The van der Waals surface area contributed by atoms with E-state index in [-0.39, 0.29) is 11.9 Å². The molecule has 0 rings (SSSR count). The third-order valence-electron chi connectivity index (χ3n) is 2.95. The maximum Gasteiger partial charge on any atom is 0.237 e. The number of amides is 1. The van der Waals surface area contributed by atoms with Crippen LogP contribution >= 0.6 is 11.8 Å². The molecule has 0 spiro atoms. The van der Waals surface area contributed by atoms with Crippen LogP contribution in [0.15, 0.2) is 0 Å². The van der Waals surface area contributed by atoms with Gasteiger partial charge in [0.2, 0.25) is 5.91 Å². The monoisotopic (exact) mass is 260 g/mol. The predicted octanol–water partition coefficient (Wildman–Crippen LogP) is 2.41. The number of rotatable bonds is 10. The zero-order chi connectivity index (χ0) is 13.1. The van der Waals surface area contributed by atoms with Gasteiger partial charge in [0.25, 0.3) is 0 Å². The maximum absolute atomic E-state index is 11.8. The zero-order valence-electron chi connectivity index (χ0n) is 11.7. The number of unbranched alkanes of at least 4 members (excludes halogenated alkanes) is 1. The molecule has 3 nitrogen and oxygen atoms in total. The molecule has 2 N–H and O–H groups in total. The predicted molar refractivity (Wildman–Crippen MR) is 77.6 cm³/mol. The van der Waals surface area contributed by atoms with Crippen LogP contribution in [-0.4, -0.2) is 36.5 Å². The number of thioether (sulfide) groups is 1. The van der Waals surface area contributed by atoms with Crippen LogP contribution in [0.25, 0.3) is 0 Å². The summed E-state index contributed by atoms with van der Waals surface area (Å²) < 4.78 is 0. The molecule has 0 aromatic rings. The highest BCUT2D eigenvalue weighted by molar-refractivity contribution is 7.98. The van der Waals surface area contributed by atoms with E-state index in [9.17, 15) is 4.79 Å². The van der Waals surface area contributed by atoms with Crippen LogP contribution in [0.1, 0.15) is 46.5 Å². The summed E-state index contributed by atoms with van der Waals surface area (Å²) in [6.07, 6.45) is 6.49. The summed E-state index contributed by atoms with van der Waals surface area (Å²) in [5, 5.41) is 6.34. The Kier molecular flexibility index (Phi) is 10.8. The van der Waals surface area contributed by atoms with Crippen LogP contribution in [0.2, 0.25) is 0 Å². The summed E-state index contributed by atoms with van der Waals surface area (Å²) in [5.74, 6) is 1.33. The standard InChI is InChI=1S/C13H28N2OS/c1-5-12(6-2)15-13(16)11(3)14-9-7-8-10-17-4/h11-12,14H,5-10H2,1-4H3,(H,15,16). The first-order valence-corrected chi connectivity index (χ1v) is 8.07. The smallest absolute Gasteiger partial charge is 0.237 e. The van der Waals surface area contributed by atoms with Crippen molar-refractivity contribution in [3.05, 3.63) is 0 Å². The average Bonchev–Trinajstić information content (AvgIpc) is 2.35. The Hall–Kier alpha value is -0.220. The van der Waals surface area contributed by atoms with Gasteiger partial charge in [0.1, 0.15) is 0 Å². The number of carbonyl (C=O) groups excluding carboxylic acids is 1. The van der Waals surface area contributed by atoms with E-state index >= 15 is 0 Å². The topological polar surface area (TPSA) is 41.1 Å². The third-order valence-corrected chi connectivity index (χ3v) is 3.65. The van der Waals surface area contributed by atoms with Crippen LogP contribution in [0, 0.1) is 0 Å². The van der Waals surface area contributed by atoms with Gasteiger partial charge >= 0.3 is 0 Å². The minimum absolute atomic E-state index is 0.0788. The summed E-state index contributed by atoms with van der Waals surface area (Å²) >= 11 is 1.87. The fraction of sp³-hybridized carbons (Fsp3) is 0.923. The molecule has 1 unspecified atom stereocenters. The van der Waals surface area contributed by atoms with Crippen molar-refractivity contribution in [1.82, 2.24) is 10.6 Å². The number of hydrogen-bond donors (Lipinski definition) is 2. The Balaban J connectivity index is 3.66. The van der Waals surface area contributed by atoms with Gasteiger partial charge in [-0.3, -0.25) is 4.79 Å². The molecule has 102 valence electrons. The van der Waals surface area contributed by atoms with Crippen molar-refractivity contribution in [3.8, 4) is 0 Å². The van der Waals surface area contributed by atoms with Gasteiger partial charge in [0.05, 0.1) is 6.04 Å². The van der Waals surface area contributed by atoms with Gasteiger partial charge in [-0.25, -0.2) is 0 Å². The molecule has 0 fully saturated rings. The quantitative estimate of drug-likeness (QED) is 0.593. The molecule has 0 saturated heterocycles. The van der Waals surface area contributed by atoms with Crippen LogP contribution in [0.4, 0.5) is 0 Å². The molecule has 0 heterocycles. The number of nitrogens with one attached hydrogen (secondary N) is 2. The number of hydrogen-bond acceptors (Lipinski definition) is 3.